The summed E-state index contributed by atoms with van der Waals surface area (Å²) in [5.41, 5.74) is 3.05. The number of fused-ring (bicyclic) bond motifs is 1. The minimum Gasteiger partial charge on any atom is -0.347 e. The first-order valence-corrected chi connectivity index (χ1v) is 9.15. The number of nitrogens with one attached hydrogen (secondary N) is 1. The predicted molar refractivity (Wildman–Crippen MR) is 105 cm³/mol. The number of imidazole rings is 1. The van der Waals surface area contributed by atoms with E-state index in [0.717, 1.165) is 11.1 Å². The Bertz CT molecular complexity index is 973. The summed E-state index contributed by atoms with van der Waals surface area (Å²) in [6, 6.07) is 13.4. The quantitative estimate of drug-likeness (QED) is 0.731. The molecule has 2 amide bonds. The molecule has 3 aromatic rings. The normalized spacial score (nSPS) is 10.8. The van der Waals surface area contributed by atoms with Crippen LogP contribution < -0.4 is 5.32 Å². The van der Waals surface area contributed by atoms with Gasteiger partial charge in [0.15, 0.2) is 5.69 Å². The molecule has 6 heteroatoms. The maximum atomic E-state index is 12.8. The Morgan fingerprint density at radius 1 is 1.07 bits per heavy atom. The lowest BCUT2D eigenvalue weighted by atomic mass is 10.1. The third-order valence-electron chi connectivity index (χ3n) is 4.71. The Kier molecular flexibility index (Phi) is 5.54. The second-order valence-electron chi connectivity index (χ2n) is 6.33. The van der Waals surface area contributed by atoms with Crippen molar-refractivity contribution in [2.24, 2.45) is 0 Å². The maximum Gasteiger partial charge on any atom is 0.290 e. The number of rotatable bonds is 6. The Balaban J connectivity index is 1.91. The number of carbonyl (C=O) groups is 2. The molecule has 140 valence electrons. The number of hydrogen-bond acceptors (Lipinski definition) is 3. The van der Waals surface area contributed by atoms with E-state index in [9.17, 15) is 9.59 Å². The lowest BCUT2D eigenvalue weighted by molar-refractivity contribution is 0.0760. The Hall–Kier alpha value is -3.15. The van der Waals surface area contributed by atoms with Gasteiger partial charge in [-0.05, 0) is 44.0 Å². The van der Waals surface area contributed by atoms with Crippen LogP contribution in [0.1, 0.15) is 46.1 Å². The lowest BCUT2D eigenvalue weighted by Crippen LogP contribution is -2.32. The van der Waals surface area contributed by atoms with Crippen LogP contribution in [0.15, 0.2) is 48.7 Å². The molecule has 0 saturated carbocycles. The van der Waals surface area contributed by atoms with Crippen molar-refractivity contribution in [2.75, 3.05) is 13.1 Å². The average molecular weight is 364 g/mol. The molecule has 2 heterocycles. The highest BCUT2D eigenvalue weighted by molar-refractivity contribution is 6.02. The van der Waals surface area contributed by atoms with Crippen molar-refractivity contribution in [2.45, 2.75) is 27.3 Å². The van der Waals surface area contributed by atoms with Gasteiger partial charge in [0, 0.05) is 25.8 Å². The number of aryl methyl sites for hydroxylation is 1. The van der Waals surface area contributed by atoms with Crippen molar-refractivity contribution < 1.29 is 9.59 Å². The summed E-state index contributed by atoms with van der Waals surface area (Å²) in [4.78, 5) is 31.7. The minimum atomic E-state index is -0.291. The molecule has 3 rings (SSSR count). The summed E-state index contributed by atoms with van der Waals surface area (Å²) in [7, 11) is 0. The van der Waals surface area contributed by atoms with E-state index in [1.54, 1.807) is 21.6 Å². The molecule has 0 aliphatic carbocycles. The van der Waals surface area contributed by atoms with Crippen LogP contribution in [0, 0.1) is 6.92 Å². The molecular weight excluding hydrogens is 340 g/mol. The first-order chi connectivity index (χ1) is 13.1. The molecule has 0 atom stereocenters. The summed E-state index contributed by atoms with van der Waals surface area (Å²) in [6.45, 7) is 7.45. The second kappa shape index (κ2) is 8.03. The second-order valence-corrected chi connectivity index (χ2v) is 6.33. The van der Waals surface area contributed by atoms with Gasteiger partial charge in [-0.1, -0.05) is 30.3 Å². The maximum absolute atomic E-state index is 12.8. The molecule has 6 nitrogen and oxygen atoms in total. The summed E-state index contributed by atoms with van der Waals surface area (Å²) in [6.07, 6.45) is 1.76. The number of hydrogen-bond donors (Lipinski definition) is 1. The van der Waals surface area contributed by atoms with Crippen molar-refractivity contribution in [3.8, 4) is 0 Å². The number of aromatic nitrogens is 2. The Morgan fingerprint density at radius 3 is 2.48 bits per heavy atom. The number of amides is 2. The number of carbonyl (C=O) groups excluding carboxylic acids is 2. The van der Waals surface area contributed by atoms with Crippen LogP contribution in [0.4, 0.5) is 0 Å². The molecule has 0 fully saturated rings. The van der Waals surface area contributed by atoms with Gasteiger partial charge >= 0.3 is 0 Å². The largest absolute Gasteiger partial charge is 0.347 e. The van der Waals surface area contributed by atoms with Gasteiger partial charge in [-0.25, -0.2) is 4.98 Å². The first-order valence-electron chi connectivity index (χ1n) is 9.15. The van der Waals surface area contributed by atoms with E-state index in [1.165, 1.54) is 0 Å². The van der Waals surface area contributed by atoms with E-state index in [-0.39, 0.29) is 23.3 Å². The van der Waals surface area contributed by atoms with E-state index in [0.29, 0.717) is 25.2 Å². The molecule has 27 heavy (non-hydrogen) atoms. The van der Waals surface area contributed by atoms with E-state index in [2.05, 4.69) is 10.3 Å². The molecule has 0 radical (unpaired) electrons. The van der Waals surface area contributed by atoms with E-state index in [1.807, 2.05) is 57.2 Å². The minimum absolute atomic E-state index is 0.181. The highest BCUT2D eigenvalue weighted by atomic mass is 16.2. The molecular formula is C21H24N4O2. The van der Waals surface area contributed by atoms with E-state index in [4.69, 9.17) is 0 Å². The zero-order valence-corrected chi connectivity index (χ0v) is 15.9. The van der Waals surface area contributed by atoms with Gasteiger partial charge in [-0.3, -0.25) is 14.0 Å². The van der Waals surface area contributed by atoms with Gasteiger partial charge in [0.2, 0.25) is 5.82 Å². The van der Waals surface area contributed by atoms with Gasteiger partial charge in [0.1, 0.15) is 0 Å². The molecule has 0 bridgehead atoms. The summed E-state index contributed by atoms with van der Waals surface area (Å²) >= 11 is 0. The molecule has 0 spiro atoms. The highest BCUT2D eigenvalue weighted by Gasteiger charge is 2.23. The van der Waals surface area contributed by atoms with Gasteiger partial charge < -0.3 is 10.2 Å². The van der Waals surface area contributed by atoms with Crippen molar-refractivity contribution in [3.05, 3.63) is 71.3 Å². The fourth-order valence-corrected chi connectivity index (χ4v) is 3.08. The molecule has 0 saturated heterocycles. The molecule has 2 aromatic heterocycles. The smallest absolute Gasteiger partial charge is 0.290 e. The van der Waals surface area contributed by atoms with Crippen LogP contribution in [0.2, 0.25) is 0 Å². The topological polar surface area (TPSA) is 66.7 Å². The molecule has 0 unspecified atom stereocenters. The van der Waals surface area contributed by atoms with E-state index < -0.39 is 0 Å². The van der Waals surface area contributed by atoms with Crippen LogP contribution in [-0.2, 0) is 6.54 Å². The average Bonchev–Trinajstić information content (AvgIpc) is 3.08. The number of nitrogens with zero attached hydrogens (tertiary/aromatic N) is 3. The molecule has 1 aromatic carbocycles. The molecule has 0 aliphatic heterocycles. The van der Waals surface area contributed by atoms with Gasteiger partial charge in [0.25, 0.3) is 11.8 Å². The van der Waals surface area contributed by atoms with Crippen molar-refractivity contribution in [1.29, 1.82) is 0 Å². The van der Waals surface area contributed by atoms with Crippen LogP contribution in [0.25, 0.3) is 5.52 Å². The molecule has 1 N–H and O–H groups in total. The third kappa shape index (κ3) is 3.69. The molecule has 0 aliphatic rings. The SMILES string of the molecule is CCN(CC)C(=O)c1nc(C(=O)NCc2ccccc2C)c2ccccn12. The standard InChI is InChI=1S/C21H24N4O2/c1-4-24(5-2)21(27)19-23-18(17-12-8-9-13-25(17)19)20(26)22-14-16-11-7-6-10-15(16)3/h6-13H,4-5,14H2,1-3H3,(H,22,26). The zero-order valence-electron chi connectivity index (χ0n) is 15.9. The fourth-order valence-electron chi connectivity index (χ4n) is 3.08. The van der Waals surface area contributed by atoms with Gasteiger partial charge in [-0.2, -0.15) is 0 Å². The highest BCUT2D eigenvalue weighted by Crippen LogP contribution is 2.15. The summed E-state index contributed by atoms with van der Waals surface area (Å²) in [5, 5.41) is 2.92. The van der Waals surface area contributed by atoms with Crippen molar-refractivity contribution in [1.82, 2.24) is 19.6 Å². The van der Waals surface area contributed by atoms with Gasteiger partial charge in [0.05, 0.1) is 5.52 Å². The fraction of sp³-hybridized carbons (Fsp3) is 0.286. The summed E-state index contributed by atoms with van der Waals surface area (Å²) in [5.74, 6) is -0.213. The van der Waals surface area contributed by atoms with E-state index >= 15 is 0 Å². The van der Waals surface area contributed by atoms with Crippen molar-refractivity contribution >= 4 is 17.3 Å². The third-order valence-corrected chi connectivity index (χ3v) is 4.71. The van der Waals surface area contributed by atoms with Crippen LogP contribution in [0.3, 0.4) is 0 Å². The Labute approximate surface area is 158 Å². The number of benzene rings is 1. The predicted octanol–water partition coefficient (Wildman–Crippen LogP) is 3.05. The van der Waals surface area contributed by atoms with Gasteiger partial charge in [-0.15, -0.1) is 0 Å². The number of pyridine rings is 1. The Morgan fingerprint density at radius 2 is 1.78 bits per heavy atom. The zero-order chi connectivity index (χ0) is 19.4. The van der Waals surface area contributed by atoms with Crippen LogP contribution in [0.5, 0.6) is 0 Å². The van der Waals surface area contributed by atoms with Crippen molar-refractivity contribution in [3.63, 3.8) is 0 Å². The van der Waals surface area contributed by atoms with Crippen LogP contribution in [-0.4, -0.2) is 39.2 Å². The summed E-state index contributed by atoms with van der Waals surface area (Å²) < 4.78 is 1.68. The lowest BCUT2D eigenvalue weighted by Gasteiger charge is -2.17. The first kappa shape index (κ1) is 18.6. The van der Waals surface area contributed by atoms with Crippen LogP contribution >= 0.6 is 0 Å². The monoisotopic (exact) mass is 364 g/mol.